The second-order valence-corrected chi connectivity index (χ2v) is 5.75. The Labute approximate surface area is 99.4 Å². The molecule has 1 fully saturated rings. The molecule has 0 aromatic carbocycles. The van der Waals surface area contributed by atoms with Crippen LogP contribution >= 0.6 is 0 Å². The minimum Gasteiger partial charge on any atom is -0.371 e. The van der Waals surface area contributed by atoms with E-state index in [2.05, 4.69) is 25.2 Å². The summed E-state index contributed by atoms with van der Waals surface area (Å²) in [6.07, 6.45) is 10.5. The van der Waals surface area contributed by atoms with Gasteiger partial charge in [0.15, 0.2) is 0 Å². The molecule has 92 valence electrons. The highest BCUT2D eigenvalue weighted by atomic mass is 16.5. The zero-order chi connectivity index (χ0) is 11.4. The smallest absolute Gasteiger partial charge is 0.0707 e. The van der Waals surface area contributed by atoms with Crippen molar-refractivity contribution in [3.63, 3.8) is 0 Å². The van der Waals surface area contributed by atoms with E-state index in [1.54, 1.807) is 5.57 Å². The first-order valence-electron chi connectivity index (χ1n) is 6.72. The summed E-state index contributed by atoms with van der Waals surface area (Å²) < 4.78 is 5.94. The van der Waals surface area contributed by atoms with E-state index in [9.17, 15) is 0 Å². The topological polar surface area (TPSA) is 21.3 Å². The van der Waals surface area contributed by atoms with E-state index in [4.69, 9.17) is 4.74 Å². The maximum absolute atomic E-state index is 5.94. The molecule has 1 heterocycles. The molecule has 2 heteroatoms. The first-order valence-corrected chi connectivity index (χ1v) is 6.72. The van der Waals surface area contributed by atoms with Crippen molar-refractivity contribution < 1.29 is 4.74 Å². The summed E-state index contributed by atoms with van der Waals surface area (Å²) in [6.45, 7) is 6.52. The van der Waals surface area contributed by atoms with Crippen LogP contribution in [0, 0.1) is 0 Å². The molecular weight excluding hydrogens is 198 g/mol. The minimum atomic E-state index is 0.111. The molecule has 0 amide bonds. The van der Waals surface area contributed by atoms with E-state index in [1.165, 1.54) is 38.5 Å². The van der Waals surface area contributed by atoms with Gasteiger partial charge in [-0.2, -0.15) is 0 Å². The van der Waals surface area contributed by atoms with Gasteiger partial charge in [0, 0.05) is 6.54 Å². The quantitative estimate of drug-likeness (QED) is 0.571. The zero-order valence-electron chi connectivity index (χ0n) is 10.7. The molecule has 1 aliphatic carbocycles. The third-order valence-corrected chi connectivity index (χ3v) is 3.68. The van der Waals surface area contributed by atoms with Gasteiger partial charge in [-0.05, 0) is 58.9 Å². The van der Waals surface area contributed by atoms with Gasteiger partial charge in [0.05, 0.1) is 11.7 Å². The van der Waals surface area contributed by atoms with Gasteiger partial charge in [-0.1, -0.05) is 11.6 Å². The summed E-state index contributed by atoms with van der Waals surface area (Å²) in [4.78, 5) is 0. The van der Waals surface area contributed by atoms with Crippen LogP contribution in [0.25, 0.3) is 0 Å². The molecule has 1 saturated heterocycles. The molecule has 0 spiro atoms. The fourth-order valence-electron chi connectivity index (χ4n) is 2.70. The van der Waals surface area contributed by atoms with Crippen molar-refractivity contribution in [3.05, 3.63) is 11.6 Å². The van der Waals surface area contributed by atoms with Crippen LogP contribution in [0.2, 0.25) is 0 Å². The van der Waals surface area contributed by atoms with Gasteiger partial charge >= 0.3 is 0 Å². The standard InChI is InChI=1S/C14H25NO/c1-14(2)9-7-13(16-14)11-15-10-8-12-5-3-4-6-12/h5,13,15H,3-4,6-11H2,1-2H3. The molecule has 1 aliphatic heterocycles. The third kappa shape index (κ3) is 3.60. The van der Waals surface area contributed by atoms with Crippen molar-refractivity contribution in [1.29, 1.82) is 0 Å². The van der Waals surface area contributed by atoms with E-state index in [-0.39, 0.29) is 5.60 Å². The fraction of sp³-hybridized carbons (Fsp3) is 0.857. The number of rotatable bonds is 5. The molecule has 0 saturated carbocycles. The third-order valence-electron chi connectivity index (χ3n) is 3.68. The molecular formula is C14H25NO. The average molecular weight is 223 g/mol. The molecule has 0 aromatic heterocycles. The maximum atomic E-state index is 5.94. The van der Waals surface area contributed by atoms with E-state index in [0.29, 0.717) is 6.10 Å². The number of allylic oxidation sites excluding steroid dienone is 1. The first-order chi connectivity index (χ1) is 7.66. The molecule has 2 rings (SSSR count). The van der Waals surface area contributed by atoms with Gasteiger partial charge in [0.2, 0.25) is 0 Å². The van der Waals surface area contributed by atoms with Gasteiger partial charge < -0.3 is 10.1 Å². The lowest BCUT2D eigenvalue weighted by molar-refractivity contribution is -0.0140. The van der Waals surface area contributed by atoms with Gasteiger partial charge in [0.25, 0.3) is 0 Å². The lowest BCUT2D eigenvalue weighted by Gasteiger charge is -2.19. The van der Waals surface area contributed by atoms with Crippen LogP contribution < -0.4 is 5.32 Å². The van der Waals surface area contributed by atoms with Crippen LogP contribution in [0.3, 0.4) is 0 Å². The highest BCUT2D eigenvalue weighted by Gasteiger charge is 2.30. The van der Waals surface area contributed by atoms with Crippen molar-refractivity contribution in [2.45, 2.75) is 64.1 Å². The highest BCUT2D eigenvalue weighted by molar-refractivity contribution is 5.07. The Hall–Kier alpha value is -0.340. The molecule has 2 aliphatic rings. The van der Waals surface area contributed by atoms with Crippen molar-refractivity contribution >= 4 is 0 Å². The average Bonchev–Trinajstić information content (AvgIpc) is 2.82. The molecule has 16 heavy (non-hydrogen) atoms. The lowest BCUT2D eigenvalue weighted by Crippen LogP contribution is -2.30. The maximum Gasteiger partial charge on any atom is 0.0707 e. The van der Waals surface area contributed by atoms with Gasteiger partial charge in [-0.25, -0.2) is 0 Å². The van der Waals surface area contributed by atoms with Crippen LogP contribution in [-0.2, 0) is 4.74 Å². The van der Waals surface area contributed by atoms with Crippen LogP contribution in [0.1, 0.15) is 52.4 Å². The summed E-state index contributed by atoms with van der Waals surface area (Å²) in [5.41, 5.74) is 1.76. The number of ether oxygens (including phenoxy) is 1. The van der Waals surface area contributed by atoms with Gasteiger partial charge in [-0.15, -0.1) is 0 Å². The monoisotopic (exact) mass is 223 g/mol. The number of hydrogen-bond donors (Lipinski definition) is 1. The van der Waals surface area contributed by atoms with Crippen LogP contribution in [-0.4, -0.2) is 24.8 Å². The largest absolute Gasteiger partial charge is 0.371 e. The van der Waals surface area contributed by atoms with Gasteiger partial charge in [-0.3, -0.25) is 0 Å². The predicted molar refractivity (Wildman–Crippen MR) is 67.6 cm³/mol. The Bertz CT molecular complexity index is 257. The van der Waals surface area contributed by atoms with Crippen molar-refractivity contribution in [1.82, 2.24) is 5.32 Å². The Balaban J connectivity index is 1.55. The SMILES string of the molecule is CC1(C)CCC(CNCCC2=CCCC2)O1. The van der Waals surface area contributed by atoms with Gasteiger partial charge in [0.1, 0.15) is 0 Å². The van der Waals surface area contributed by atoms with Crippen molar-refractivity contribution in [3.8, 4) is 0 Å². The Morgan fingerprint density at radius 2 is 2.38 bits per heavy atom. The fourth-order valence-corrected chi connectivity index (χ4v) is 2.70. The summed E-state index contributed by atoms with van der Waals surface area (Å²) in [6, 6.07) is 0. The summed E-state index contributed by atoms with van der Waals surface area (Å²) >= 11 is 0. The second kappa shape index (κ2) is 5.33. The minimum absolute atomic E-state index is 0.111. The highest BCUT2D eigenvalue weighted by Crippen LogP contribution is 2.28. The van der Waals surface area contributed by atoms with Crippen LogP contribution in [0.15, 0.2) is 11.6 Å². The molecule has 0 radical (unpaired) electrons. The first kappa shape index (κ1) is 12.1. The zero-order valence-corrected chi connectivity index (χ0v) is 10.7. The number of nitrogens with one attached hydrogen (secondary N) is 1. The molecule has 1 N–H and O–H groups in total. The lowest BCUT2D eigenvalue weighted by atomic mass is 10.1. The molecule has 0 bridgehead atoms. The van der Waals surface area contributed by atoms with Crippen LogP contribution in [0.4, 0.5) is 0 Å². The second-order valence-electron chi connectivity index (χ2n) is 5.75. The summed E-state index contributed by atoms with van der Waals surface area (Å²) in [5, 5.41) is 3.53. The predicted octanol–water partition coefficient (Wildman–Crippen LogP) is 3.03. The van der Waals surface area contributed by atoms with E-state index in [0.717, 1.165) is 13.1 Å². The van der Waals surface area contributed by atoms with Crippen molar-refractivity contribution in [2.24, 2.45) is 0 Å². The molecule has 0 aromatic rings. The Kier molecular flexibility index (Phi) is 4.04. The molecule has 1 atom stereocenters. The van der Waals surface area contributed by atoms with E-state index < -0.39 is 0 Å². The Morgan fingerprint density at radius 1 is 1.50 bits per heavy atom. The molecule has 2 nitrogen and oxygen atoms in total. The summed E-state index contributed by atoms with van der Waals surface area (Å²) in [5.74, 6) is 0. The normalized spacial score (nSPS) is 28.4. The number of hydrogen-bond acceptors (Lipinski definition) is 2. The van der Waals surface area contributed by atoms with E-state index in [1.807, 2.05) is 0 Å². The van der Waals surface area contributed by atoms with E-state index >= 15 is 0 Å². The summed E-state index contributed by atoms with van der Waals surface area (Å²) in [7, 11) is 0. The molecule has 1 unspecified atom stereocenters. The Morgan fingerprint density at radius 3 is 3.00 bits per heavy atom. The van der Waals surface area contributed by atoms with Crippen molar-refractivity contribution in [2.75, 3.05) is 13.1 Å². The van der Waals surface area contributed by atoms with Crippen LogP contribution in [0.5, 0.6) is 0 Å².